The zero-order valence-electron chi connectivity index (χ0n) is 9.59. The lowest BCUT2D eigenvalue weighted by atomic mass is 10.1. The second-order valence-electron chi connectivity index (χ2n) is 4.20. The Kier molecular flexibility index (Phi) is 4.64. The molecule has 0 aliphatic heterocycles. The molecule has 14 heavy (non-hydrogen) atoms. The fraction of sp³-hybridized carbons (Fsp3) is 0.615. The molecular formula is C13H21N. The van der Waals surface area contributed by atoms with Crippen molar-refractivity contribution in [1.29, 1.82) is 0 Å². The summed E-state index contributed by atoms with van der Waals surface area (Å²) in [6.45, 7) is 6.60. The minimum absolute atomic E-state index is 0.541. The molecule has 0 atom stereocenters. The molecule has 1 rings (SSSR count). The van der Waals surface area contributed by atoms with Crippen molar-refractivity contribution in [3.63, 3.8) is 0 Å². The van der Waals surface area contributed by atoms with Crippen LogP contribution in [0.4, 0.5) is 0 Å². The molecule has 1 aromatic heterocycles. The molecule has 0 bridgehead atoms. The van der Waals surface area contributed by atoms with Gasteiger partial charge >= 0.3 is 0 Å². The van der Waals surface area contributed by atoms with Crippen LogP contribution in [0.2, 0.25) is 0 Å². The molecule has 0 aliphatic rings. The van der Waals surface area contributed by atoms with Crippen molar-refractivity contribution in [1.82, 2.24) is 4.98 Å². The Morgan fingerprint density at radius 3 is 2.50 bits per heavy atom. The number of aryl methyl sites for hydroxylation is 1. The molecule has 1 heteroatoms. The van der Waals surface area contributed by atoms with Gasteiger partial charge in [-0.05, 0) is 30.4 Å². The van der Waals surface area contributed by atoms with Crippen LogP contribution >= 0.6 is 0 Å². The van der Waals surface area contributed by atoms with Crippen LogP contribution in [-0.2, 0) is 6.42 Å². The van der Waals surface area contributed by atoms with Crippen LogP contribution in [0.3, 0.4) is 0 Å². The summed E-state index contributed by atoms with van der Waals surface area (Å²) < 4.78 is 0. The third-order valence-corrected chi connectivity index (χ3v) is 2.51. The van der Waals surface area contributed by atoms with Crippen molar-refractivity contribution in [3.8, 4) is 0 Å². The average Bonchev–Trinajstić information content (AvgIpc) is 2.19. The molecule has 1 heterocycles. The third-order valence-electron chi connectivity index (χ3n) is 2.51. The quantitative estimate of drug-likeness (QED) is 0.642. The van der Waals surface area contributed by atoms with E-state index in [1.807, 2.05) is 6.20 Å². The van der Waals surface area contributed by atoms with E-state index in [1.165, 1.54) is 36.9 Å². The Morgan fingerprint density at radius 1 is 1.21 bits per heavy atom. The Bertz CT molecular complexity index is 248. The van der Waals surface area contributed by atoms with E-state index >= 15 is 0 Å². The lowest BCUT2D eigenvalue weighted by molar-refractivity contribution is 0.714. The first-order valence-corrected chi connectivity index (χ1v) is 5.69. The smallest absolute Gasteiger partial charge is 0.0429 e. The number of rotatable bonds is 5. The summed E-state index contributed by atoms with van der Waals surface area (Å²) >= 11 is 0. The highest BCUT2D eigenvalue weighted by Crippen LogP contribution is 2.12. The van der Waals surface area contributed by atoms with Gasteiger partial charge in [-0.15, -0.1) is 0 Å². The number of unbranched alkanes of at least 4 members (excludes halogenated alkanes) is 2. The largest absolute Gasteiger partial charge is 0.261 e. The number of nitrogens with zero attached hydrogens (tertiary/aromatic N) is 1. The molecule has 1 nitrogen and oxygen atoms in total. The highest BCUT2D eigenvalue weighted by atomic mass is 14.7. The summed E-state index contributed by atoms with van der Waals surface area (Å²) in [5, 5.41) is 0. The predicted molar refractivity (Wildman–Crippen MR) is 61.6 cm³/mol. The topological polar surface area (TPSA) is 12.9 Å². The normalized spacial score (nSPS) is 10.9. The first kappa shape index (κ1) is 11.2. The van der Waals surface area contributed by atoms with Gasteiger partial charge in [-0.3, -0.25) is 4.98 Å². The van der Waals surface area contributed by atoms with E-state index in [2.05, 4.69) is 37.9 Å². The molecule has 0 saturated carbocycles. The van der Waals surface area contributed by atoms with Crippen molar-refractivity contribution < 1.29 is 0 Å². The van der Waals surface area contributed by atoms with Gasteiger partial charge in [-0.1, -0.05) is 39.7 Å². The van der Waals surface area contributed by atoms with Crippen LogP contribution < -0.4 is 0 Å². The summed E-state index contributed by atoms with van der Waals surface area (Å²) in [5.74, 6) is 0.541. The van der Waals surface area contributed by atoms with Gasteiger partial charge in [-0.25, -0.2) is 0 Å². The van der Waals surface area contributed by atoms with Crippen LogP contribution in [0.25, 0.3) is 0 Å². The summed E-state index contributed by atoms with van der Waals surface area (Å²) in [7, 11) is 0. The maximum atomic E-state index is 4.46. The molecule has 0 unspecified atom stereocenters. The van der Waals surface area contributed by atoms with Gasteiger partial charge < -0.3 is 0 Å². The summed E-state index contributed by atoms with van der Waals surface area (Å²) in [5.41, 5.74) is 2.58. The van der Waals surface area contributed by atoms with E-state index < -0.39 is 0 Å². The number of hydrogen-bond donors (Lipinski definition) is 0. The van der Waals surface area contributed by atoms with E-state index in [0.29, 0.717) is 5.92 Å². The van der Waals surface area contributed by atoms with Crippen LogP contribution in [-0.4, -0.2) is 4.98 Å². The molecule has 0 spiro atoms. The van der Waals surface area contributed by atoms with Crippen molar-refractivity contribution in [3.05, 3.63) is 29.6 Å². The van der Waals surface area contributed by atoms with Gasteiger partial charge in [0.05, 0.1) is 0 Å². The lowest BCUT2D eigenvalue weighted by Crippen LogP contribution is -1.94. The molecular weight excluding hydrogens is 170 g/mol. The predicted octanol–water partition coefficient (Wildman–Crippen LogP) is 3.94. The second-order valence-corrected chi connectivity index (χ2v) is 4.20. The van der Waals surface area contributed by atoms with Gasteiger partial charge in [0.15, 0.2) is 0 Å². The SMILES string of the molecule is CCCCCc1ccc(C(C)C)nc1. The van der Waals surface area contributed by atoms with E-state index in [-0.39, 0.29) is 0 Å². The average molecular weight is 191 g/mol. The monoisotopic (exact) mass is 191 g/mol. The fourth-order valence-electron chi connectivity index (χ4n) is 1.50. The number of pyridine rings is 1. The summed E-state index contributed by atoms with van der Waals surface area (Å²) in [4.78, 5) is 4.46. The lowest BCUT2D eigenvalue weighted by Gasteiger charge is -2.05. The van der Waals surface area contributed by atoms with E-state index in [1.54, 1.807) is 0 Å². The first-order valence-electron chi connectivity index (χ1n) is 5.69. The van der Waals surface area contributed by atoms with Crippen molar-refractivity contribution in [2.45, 2.75) is 52.4 Å². The van der Waals surface area contributed by atoms with Crippen molar-refractivity contribution >= 4 is 0 Å². The van der Waals surface area contributed by atoms with Gasteiger partial charge in [0.2, 0.25) is 0 Å². The molecule has 78 valence electrons. The highest BCUT2D eigenvalue weighted by molar-refractivity contribution is 5.16. The van der Waals surface area contributed by atoms with Gasteiger partial charge in [0.25, 0.3) is 0 Å². The van der Waals surface area contributed by atoms with E-state index in [9.17, 15) is 0 Å². The Morgan fingerprint density at radius 2 is 2.00 bits per heavy atom. The standard InChI is InChI=1S/C13H21N/c1-4-5-6-7-12-8-9-13(11(2)3)14-10-12/h8-11H,4-7H2,1-3H3. The second kappa shape index (κ2) is 5.79. The van der Waals surface area contributed by atoms with E-state index in [4.69, 9.17) is 0 Å². The first-order chi connectivity index (χ1) is 6.74. The molecule has 0 aromatic carbocycles. The van der Waals surface area contributed by atoms with Crippen LogP contribution in [0.15, 0.2) is 18.3 Å². The van der Waals surface area contributed by atoms with Gasteiger partial charge in [0, 0.05) is 11.9 Å². The van der Waals surface area contributed by atoms with Crippen molar-refractivity contribution in [2.24, 2.45) is 0 Å². The Labute approximate surface area is 87.6 Å². The molecule has 0 amide bonds. The maximum Gasteiger partial charge on any atom is 0.0429 e. The molecule has 0 saturated heterocycles. The minimum atomic E-state index is 0.541. The Hall–Kier alpha value is -0.850. The van der Waals surface area contributed by atoms with Crippen LogP contribution in [0.1, 0.15) is 57.2 Å². The summed E-state index contributed by atoms with van der Waals surface area (Å²) in [6, 6.07) is 4.38. The molecule has 0 aliphatic carbocycles. The zero-order chi connectivity index (χ0) is 10.4. The molecule has 1 aromatic rings. The number of aromatic nitrogens is 1. The zero-order valence-corrected chi connectivity index (χ0v) is 9.59. The van der Waals surface area contributed by atoms with E-state index in [0.717, 1.165) is 0 Å². The minimum Gasteiger partial charge on any atom is -0.261 e. The third kappa shape index (κ3) is 3.49. The van der Waals surface area contributed by atoms with Gasteiger partial charge in [0.1, 0.15) is 0 Å². The van der Waals surface area contributed by atoms with Crippen LogP contribution in [0.5, 0.6) is 0 Å². The molecule has 0 radical (unpaired) electrons. The number of hydrogen-bond acceptors (Lipinski definition) is 1. The summed E-state index contributed by atoms with van der Waals surface area (Å²) in [6.07, 6.45) is 7.12. The van der Waals surface area contributed by atoms with Crippen molar-refractivity contribution in [2.75, 3.05) is 0 Å². The van der Waals surface area contributed by atoms with Gasteiger partial charge in [-0.2, -0.15) is 0 Å². The molecule has 0 fully saturated rings. The molecule has 0 N–H and O–H groups in total. The highest BCUT2D eigenvalue weighted by Gasteiger charge is 1.99. The Balaban J connectivity index is 2.47. The van der Waals surface area contributed by atoms with Crippen LogP contribution in [0, 0.1) is 0 Å². The fourth-order valence-corrected chi connectivity index (χ4v) is 1.50. The maximum absolute atomic E-state index is 4.46.